The highest BCUT2D eigenvalue weighted by Gasteiger charge is 2.15. The third-order valence-corrected chi connectivity index (χ3v) is 4.87. The fraction of sp³-hybridized carbons (Fsp3) is 0.174. The van der Waals surface area contributed by atoms with Crippen molar-refractivity contribution in [3.05, 3.63) is 83.4 Å². The van der Waals surface area contributed by atoms with Gasteiger partial charge >= 0.3 is 0 Å². The molecule has 0 fully saturated rings. The molecule has 0 spiro atoms. The van der Waals surface area contributed by atoms with Crippen LogP contribution in [-0.4, -0.2) is 20.7 Å². The standard InChI is InChI=1S/C23H21FN4O/c1-15-3-7-18(8-4-15)20-11-12-25-23-22(20)16(2)27-28(23)14-21(29)26-13-17-5-9-19(24)10-6-17/h3-12H,13-14H2,1-2H3,(H,26,29). The smallest absolute Gasteiger partial charge is 0.242 e. The molecule has 4 aromatic rings. The van der Waals surface area contributed by atoms with Crippen LogP contribution in [-0.2, 0) is 17.9 Å². The Balaban J connectivity index is 1.56. The van der Waals surface area contributed by atoms with Crippen molar-refractivity contribution in [1.82, 2.24) is 20.1 Å². The summed E-state index contributed by atoms with van der Waals surface area (Å²) in [5.74, 6) is -0.477. The summed E-state index contributed by atoms with van der Waals surface area (Å²) in [4.78, 5) is 16.9. The van der Waals surface area contributed by atoms with Gasteiger partial charge < -0.3 is 5.32 Å². The molecule has 0 aliphatic heterocycles. The van der Waals surface area contributed by atoms with E-state index in [4.69, 9.17) is 0 Å². The molecule has 0 saturated heterocycles. The second-order valence-corrected chi connectivity index (χ2v) is 7.07. The summed E-state index contributed by atoms with van der Waals surface area (Å²) in [6.07, 6.45) is 1.74. The van der Waals surface area contributed by atoms with E-state index in [2.05, 4.69) is 46.6 Å². The van der Waals surface area contributed by atoms with Crippen molar-refractivity contribution in [1.29, 1.82) is 0 Å². The highest BCUT2D eigenvalue weighted by Crippen LogP contribution is 2.29. The number of halogens is 1. The van der Waals surface area contributed by atoms with Crippen LogP contribution < -0.4 is 5.32 Å². The van der Waals surface area contributed by atoms with Crippen molar-refractivity contribution in [2.75, 3.05) is 0 Å². The van der Waals surface area contributed by atoms with E-state index in [1.807, 2.05) is 13.0 Å². The first kappa shape index (κ1) is 18.8. The van der Waals surface area contributed by atoms with Gasteiger partial charge in [-0.15, -0.1) is 0 Å². The molecule has 6 heteroatoms. The van der Waals surface area contributed by atoms with Gasteiger partial charge in [-0.05, 0) is 48.7 Å². The molecular formula is C23H21FN4O. The quantitative estimate of drug-likeness (QED) is 0.558. The Hall–Kier alpha value is -3.54. The number of hydrogen-bond donors (Lipinski definition) is 1. The lowest BCUT2D eigenvalue weighted by Crippen LogP contribution is -2.27. The van der Waals surface area contributed by atoms with Crippen molar-refractivity contribution in [2.45, 2.75) is 26.9 Å². The highest BCUT2D eigenvalue weighted by atomic mass is 19.1. The highest BCUT2D eigenvalue weighted by molar-refractivity contribution is 5.95. The number of carbonyl (C=O) groups excluding carboxylic acids is 1. The summed E-state index contributed by atoms with van der Waals surface area (Å²) in [5, 5.41) is 8.33. The van der Waals surface area contributed by atoms with Crippen LogP contribution in [0.3, 0.4) is 0 Å². The van der Waals surface area contributed by atoms with Crippen LogP contribution in [0.4, 0.5) is 4.39 Å². The first-order valence-corrected chi connectivity index (χ1v) is 9.41. The molecule has 5 nitrogen and oxygen atoms in total. The molecule has 0 bridgehead atoms. The van der Waals surface area contributed by atoms with Crippen molar-refractivity contribution in [2.24, 2.45) is 0 Å². The largest absolute Gasteiger partial charge is 0.350 e. The number of carbonyl (C=O) groups is 1. The predicted molar refractivity (Wildman–Crippen MR) is 111 cm³/mol. The zero-order valence-electron chi connectivity index (χ0n) is 16.3. The van der Waals surface area contributed by atoms with Gasteiger partial charge in [0, 0.05) is 18.1 Å². The number of nitrogens with zero attached hydrogens (tertiary/aromatic N) is 3. The maximum Gasteiger partial charge on any atom is 0.242 e. The summed E-state index contributed by atoms with van der Waals surface area (Å²) < 4.78 is 14.6. The molecule has 1 amide bonds. The van der Waals surface area contributed by atoms with Crippen LogP contribution in [0.1, 0.15) is 16.8 Å². The monoisotopic (exact) mass is 388 g/mol. The van der Waals surface area contributed by atoms with E-state index in [1.54, 1.807) is 23.0 Å². The SMILES string of the molecule is Cc1ccc(-c2ccnc3c2c(C)nn3CC(=O)NCc2ccc(F)cc2)cc1. The molecule has 0 radical (unpaired) electrons. The van der Waals surface area contributed by atoms with Gasteiger partial charge in [-0.1, -0.05) is 42.0 Å². The maximum absolute atomic E-state index is 13.0. The van der Waals surface area contributed by atoms with Gasteiger partial charge in [-0.2, -0.15) is 5.10 Å². The Morgan fingerprint density at radius 3 is 2.48 bits per heavy atom. The molecule has 0 saturated carbocycles. The Morgan fingerprint density at radius 1 is 1.03 bits per heavy atom. The molecule has 4 rings (SSSR count). The van der Waals surface area contributed by atoms with Gasteiger partial charge in [0.1, 0.15) is 12.4 Å². The molecule has 2 aromatic heterocycles. The van der Waals surface area contributed by atoms with Gasteiger partial charge in [0.25, 0.3) is 0 Å². The first-order chi connectivity index (χ1) is 14.0. The van der Waals surface area contributed by atoms with Crippen LogP contribution in [0.2, 0.25) is 0 Å². The number of hydrogen-bond acceptors (Lipinski definition) is 3. The van der Waals surface area contributed by atoms with E-state index >= 15 is 0 Å². The zero-order chi connectivity index (χ0) is 20.4. The predicted octanol–water partition coefficient (Wildman–Crippen LogP) is 4.17. The lowest BCUT2D eigenvalue weighted by atomic mass is 10.0. The zero-order valence-corrected chi connectivity index (χ0v) is 16.3. The Bertz CT molecular complexity index is 1160. The van der Waals surface area contributed by atoms with E-state index in [-0.39, 0.29) is 18.3 Å². The minimum absolute atomic E-state index is 0.0654. The normalized spacial score (nSPS) is 11.0. The average Bonchev–Trinajstić information content (AvgIpc) is 3.04. The van der Waals surface area contributed by atoms with E-state index < -0.39 is 0 Å². The van der Waals surface area contributed by atoms with Gasteiger partial charge in [0.05, 0.1) is 5.69 Å². The number of rotatable bonds is 5. The molecule has 146 valence electrons. The second kappa shape index (κ2) is 7.83. The van der Waals surface area contributed by atoms with Crippen LogP contribution in [0.5, 0.6) is 0 Å². The fourth-order valence-corrected chi connectivity index (χ4v) is 3.36. The number of aromatic nitrogens is 3. The average molecular weight is 388 g/mol. The number of nitrogens with one attached hydrogen (secondary N) is 1. The number of amides is 1. The first-order valence-electron chi connectivity index (χ1n) is 9.41. The third-order valence-electron chi connectivity index (χ3n) is 4.87. The summed E-state index contributed by atoms with van der Waals surface area (Å²) in [5.41, 5.74) is 5.68. The second-order valence-electron chi connectivity index (χ2n) is 7.07. The molecule has 0 aliphatic rings. The lowest BCUT2D eigenvalue weighted by Gasteiger charge is -2.07. The fourth-order valence-electron chi connectivity index (χ4n) is 3.36. The van der Waals surface area contributed by atoms with Crippen molar-refractivity contribution >= 4 is 16.9 Å². The van der Waals surface area contributed by atoms with Crippen LogP contribution >= 0.6 is 0 Å². The Labute approximate surface area is 168 Å². The Kier molecular flexibility index (Phi) is 5.08. The van der Waals surface area contributed by atoms with E-state index in [0.29, 0.717) is 12.2 Å². The Morgan fingerprint density at radius 2 is 1.76 bits per heavy atom. The third kappa shape index (κ3) is 4.01. The maximum atomic E-state index is 13.0. The number of benzene rings is 2. The molecule has 0 unspecified atom stereocenters. The summed E-state index contributed by atoms with van der Waals surface area (Å²) in [7, 11) is 0. The van der Waals surface area contributed by atoms with E-state index in [1.165, 1.54) is 17.7 Å². The van der Waals surface area contributed by atoms with Crippen molar-refractivity contribution in [3.8, 4) is 11.1 Å². The van der Waals surface area contributed by atoms with Crippen LogP contribution in [0.25, 0.3) is 22.2 Å². The van der Waals surface area contributed by atoms with Crippen LogP contribution in [0, 0.1) is 19.7 Å². The van der Waals surface area contributed by atoms with Gasteiger partial charge in [0.15, 0.2) is 5.65 Å². The van der Waals surface area contributed by atoms with E-state index in [0.717, 1.165) is 27.8 Å². The minimum Gasteiger partial charge on any atom is -0.350 e. The molecular weight excluding hydrogens is 367 g/mol. The van der Waals surface area contributed by atoms with Crippen molar-refractivity contribution in [3.63, 3.8) is 0 Å². The van der Waals surface area contributed by atoms with Gasteiger partial charge in [-0.25, -0.2) is 14.1 Å². The molecule has 1 N–H and O–H groups in total. The van der Waals surface area contributed by atoms with Gasteiger partial charge in [-0.3, -0.25) is 4.79 Å². The summed E-state index contributed by atoms with van der Waals surface area (Å²) in [6.45, 7) is 4.38. The molecule has 0 aliphatic carbocycles. The number of pyridine rings is 1. The lowest BCUT2D eigenvalue weighted by molar-refractivity contribution is -0.121. The van der Waals surface area contributed by atoms with Crippen molar-refractivity contribution < 1.29 is 9.18 Å². The van der Waals surface area contributed by atoms with E-state index in [9.17, 15) is 9.18 Å². The minimum atomic E-state index is -0.297. The summed E-state index contributed by atoms with van der Waals surface area (Å²) >= 11 is 0. The number of aryl methyl sites for hydroxylation is 2. The molecule has 0 atom stereocenters. The van der Waals surface area contributed by atoms with Gasteiger partial charge in [0.2, 0.25) is 5.91 Å². The number of fused-ring (bicyclic) bond motifs is 1. The molecule has 2 heterocycles. The molecule has 29 heavy (non-hydrogen) atoms. The summed E-state index contributed by atoms with van der Waals surface area (Å²) in [6, 6.07) is 16.3. The molecule has 2 aromatic carbocycles. The van der Waals surface area contributed by atoms with Crippen LogP contribution in [0.15, 0.2) is 60.8 Å². The topological polar surface area (TPSA) is 59.8 Å².